The molecule has 1 aromatic heterocycles. The monoisotopic (exact) mass is 500 g/mol. The molecular formula is C28H28N4O3S. The molecule has 0 aliphatic carbocycles. The number of hydrogen-bond acceptors (Lipinski definition) is 7. The van der Waals surface area contributed by atoms with Gasteiger partial charge in [-0.3, -0.25) is 4.79 Å². The summed E-state index contributed by atoms with van der Waals surface area (Å²) in [5, 5.41) is 10.2. The number of nitrogens with one attached hydrogen (secondary N) is 2. The molecule has 36 heavy (non-hydrogen) atoms. The largest absolute Gasteiger partial charge is 0.493 e. The third kappa shape index (κ3) is 6.70. The van der Waals surface area contributed by atoms with Crippen LogP contribution in [0.3, 0.4) is 0 Å². The molecule has 184 valence electrons. The van der Waals surface area contributed by atoms with Gasteiger partial charge in [0.2, 0.25) is 0 Å². The van der Waals surface area contributed by atoms with Crippen LogP contribution < -0.4 is 20.2 Å². The number of ether oxygens (including phenoxy) is 2. The van der Waals surface area contributed by atoms with Crippen molar-refractivity contribution in [2.75, 3.05) is 19.0 Å². The SMILES string of the molecule is CCCCOc1ccc(/C=N/NC(=O)c2ccc(-c3csc(Nc4ccccc4)n3)cc2)cc1OC. The fraction of sp³-hybridized carbons (Fsp3) is 0.179. The lowest BCUT2D eigenvalue weighted by Gasteiger charge is -2.10. The summed E-state index contributed by atoms with van der Waals surface area (Å²) in [7, 11) is 1.60. The molecule has 0 radical (unpaired) electrons. The van der Waals surface area contributed by atoms with Crippen LogP contribution in [0.5, 0.6) is 11.5 Å². The molecule has 8 heteroatoms. The van der Waals surface area contributed by atoms with Gasteiger partial charge in [-0.15, -0.1) is 11.3 Å². The summed E-state index contributed by atoms with van der Waals surface area (Å²) >= 11 is 1.53. The second-order valence-electron chi connectivity index (χ2n) is 7.92. The van der Waals surface area contributed by atoms with Crippen LogP contribution in [0.4, 0.5) is 10.8 Å². The number of hydrogen-bond donors (Lipinski definition) is 2. The predicted octanol–water partition coefficient (Wildman–Crippen LogP) is 6.51. The number of para-hydroxylation sites is 1. The number of nitrogens with zero attached hydrogens (tertiary/aromatic N) is 2. The van der Waals surface area contributed by atoms with Crippen molar-refractivity contribution < 1.29 is 14.3 Å². The Hall–Kier alpha value is -4.17. The summed E-state index contributed by atoms with van der Waals surface area (Å²) in [6.07, 6.45) is 3.62. The molecule has 3 aromatic carbocycles. The van der Waals surface area contributed by atoms with Crippen LogP contribution in [0.25, 0.3) is 11.3 Å². The summed E-state index contributed by atoms with van der Waals surface area (Å²) in [5.74, 6) is 1.02. The molecular weight excluding hydrogens is 472 g/mol. The van der Waals surface area contributed by atoms with Crippen molar-refractivity contribution in [2.45, 2.75) is 19.8 Å². The van der Waals surface area contributed by atoms with Crippen LogP contribution in [0.1, 0.15) is 35.7 Å². The topological polar surface area (TPSA) is 84.8 Å². The molecule has 2 N–H and O–H groups in total. The molecule has 0 atom stereocenters. The van der Waals surface area contributed by atoms with Crippen molar-refractivity contribution in [2.24, 2.45) is 5.10 Å². The maximum Gasteiger partial charge on any atom is 0.271 e. The van der Waals surface area contributed by atoms with E-state index in [0.29, 0.717) is 23.7 Å². The number of thiazole rings is 1. The van der Waals surface area contributed by atoms with Crippen molar-refractivity contribution in [1.29, 1.82) is 0 Å². The molecule has 4 rings (SSSR count). The van der Waals surface area contributed by atoms with Gasteiger partial charge in [0.05, 0.1) is 25.6 Å². The van der Waals surface area contributed by atoms with Crippen LogP contribution in [-0.4, -0.2) is 30.8 Å². The van der Waals surface area contributed by atoms with Gasteiger partial charge < -0.3 is 14.8 Å². The maximum atomic E-state index is 12.5. The third-order valence-electron chi connectivity index (χ3n) is 5.29. The Kier molecular flexibility index (Phi) is 8.67. The van der Waals surface area contributed by atoms with E-state index in [1.165, 1.54) is 11.3 Å². The van der Waals surface area contributed by atoms with E-state index in [9.17, 15) is 4.79 Å². The Morgan fingerprint density at radius 2 is 1.86 bits per heavy atom. The summed E-state index contributed by atoms with van der Waals surface area (Å²) in [5.41, 5.74) is 6.62. The van der Waals surface area contributed by atoms with Crippen LogP contribution in [0.15, 0.2) is 83.3 Å². The number of unbranched alkanes of at least 4 members (excludes halogenated alkanes) is 1. The number of benzene rings is 3. The molecule has 0 unspecified atom stereocenters. The van der Waals surface area contributed by atoms with E-state index in [0.717, 1.165) is 40.5 Å². The van der Waals surface area contributed by atoms with Gasteiger partial charge >= 0.3 is 0 Å². The van der Waals surface area contributed by atoms with Crippen molar-refractivity contribution in [3.05, 3.63) is 89.3 Å². The van der Waals surface area contributed by atoms with Crippen molar-refractivity contribution in [3.8, 4) is 22.8 Å². The average molecular weight is 501 g/mol. The highest BCUT2D eigenvalue weighted by molar-refractivity contribution is 7.14. The Balaban J connectivity index is 1.33. The first-order valence-electron chi connectivity index (χ1n) is 11.7. The van der Waals surface area contributed by atoms with Gasteiger partial charge in [-0.25, -0.2) is 10.4 Å². The molecule has 1 amide bonds. The van der Waals surface area contributed by atoms with E-state index < -0.39 is 0 Å². The molecule has 1 heterocycles. The highest BCUT2D eigenvalue weighted by Gasteiger charge is 2.09. The smallest absolute Gasteiger partial charge is 0.271 e. The number of anilines is 2. The standard InChI is InChI=1S/C28H28N4O3S/c1-3-4-16-35-25-15-10-20(17-26(25)34-2)18-29-32-27(33)22-13-11-21(12-14-22)24-19-36-28(31-24)30-23-8-6-5-7-9-23/h5-15,17-19H,3-4,16H2,1-2H3,(H,30,31)(H,32,33)/b29-18+. The fourth-order valence-corrected chi connectivity index (χ4v) is 4.08. The quantitative estimate of drug-likeness (QED) is 0.139. The van der Waals surface area contributed by atoms with Gasteiger partial charge in [0.1, 0.15) is 0 Å². The van der Waals surface area contributed by atoms with Crippen LogP contribution in [0.2, 0.25) is 0 Å². The first-order chi connectivity index (χ1) is 17.7. The predicted molar refractivity (Wildman–Crippen MR) is 146 cm³/mol. The molecule has 0 bridgehead atoms. The molecule has 0 fully saturated rings. The lowest BCUT2D eigenvalue weighted by Crippen LogP contribution is -2.17. The Morgan fingerprint density at radius 1 is 1.06 bits per heavy atom. The molecule has 4 aromatic rings. The number of hydrazone groups is 1. The molecule has 7 nitrogen and oxygen atoms in total. The highest BCUT2D eigenvalue weighted by atomic mass is 32.1. The maximum absolute atomic E-state index is 12.5. The van der Waals surface area contributed by atoms with Gasteiger partial charge in [-0.2, -0.15) is 5.10 Å². The van der Waals surface area contributed by atoms with E-state index in [1.54, 1.807) is 25.5 Å². The van der Waals surface area contributed by atoms with Crippen molar-refractivity contribution >= 4 is 34.3 Å². The van der Waals surface area contributed by atoms with Crippen LogP contribution in [0, 0.1) is 0 Å². The molecule has 0 saturated carbocycles. The Labute approximate surface area is 214 Å². The minimum atomic E-state index is -0.297. The lowest BCUT2D eigenvalue weighted by molar-refractivity contribution is 0.0955. The molecule has 0 saturated heterocycles. The minimum absolute atomic E-state index is 0.297. The highest BCUT2D eigenvalue weighted by Crippen LogP contribution is 2.28. The molecule has 0 aliphatic heterocycles. The summed E-state index contributed by atoms with van der Waals surface area (Å²) in [4.78, 5) is 17.2. The summed E-state index contributed by atoms with van der Waals surface area (Å²) in [6, 6.07) is 22.7. The zero-order chi connectivity index (χ0) is 25.2. The van der Waals surface area contributed by atoms with Gasteiger partial charge in [0.25, 0.3) is 5.91 Å². The third-order valence-corrected chi connectivity index (χ3v) is 6.05. The Bertz CT molecular complexity index is 1300. The van der Waals surface area contributed by atoms with E-state index in [2.05, 4.69) is 27.8 Å². The summed E-state index contributed by atoms with van der Waals surface area (Å²) in [6.45, 7) is 2.76. The number of carbonyl (C=O) groups is 1. The normalized spacial score (nSPS) is 10.8. The number of carbonyl (C=O) groups excluding carboxylic acids is 1. The number of rotatable bonds is 11. The van der Waals surface area contributed by atoms with Gasteiger partial charge in [0, 0.05) is 22.2 Å². The Morgan fingerprint density at radius 3 is 2.61 bits per heavy atom. The van der Waals surface area contributed by atoms with Crippen LogP contribution in [-0.2, 0) is 0 Å². The van der Waals surface area contributed by atoms with Crippen LogP contribution >= 0.6 is 11.3 Å². The van der Waals surface area contributed by atoms with E-state index in [4.69, 9.17) is 9.47 Å². The fourth-order valence-electron chi connectivity index (χ4n) is 3.34. The summed E-state index contributed by atoms with van der Waals surface area (Å²) < 4.78 is 11.2. The minimum Gasteiger partial charge on any atom is -0.493 e. The number of aromatic nitrogens is 1. The van der Waals surface area contributed by atoms with Gasteiger partial charge in [-0.05, 0) is 54.4 Å². The second kappa shape index (κ2) is 12.5. The van der Waals surface area contributed by atoms with Gasteiger partial charge in [0.15, 0.2) is 16.6 Å². The van der Waals surface area contributed by atoms with Crippen molar-refractivity contribution in [1.82, 2.24) is 10.4 Å². The van der Waals surface area contributed by atoms with E-state index in [1.807, 2.05) is 66.0 Å². The number of methoxy groups -OCH3 is 1. The lowest BCUT2D eigenvalue weighted by atomic mass is 10.1. The second-order valence-corrected chi connectivity index (χ2v) is 8.78. The first kappa shape index (κ1) is 24.9. The van der Waals surface area contributed by atoms with Gasteiger partial charge in [-0.1, -0.05) is 43.7 Å². The zero-order valence-corrected chi connectivity index (χ0v) is 21.0. The first-order valence-corrected chi connectivity index (χ1v) is 12.6. The van der Waals surface area contributed by atoms with E-state index in [-0.39, 0.29) is 5.91 Å². The molecule has 0 aliphatic rings. The van der Waals surface area contributed by atoms with Crippen molar-refractivity contribution in [3.63, 3.8) is 0 Å². The average Bonchev–Trinajstić information content (AvgIpc) is 3.38. The molecule has 0 spiro atoms. The van der Waals surface area contributed by atoms with E-state index >= 15 is 0 Å². The number of amides is 1. The zero-order valence-electron chi connectivity index (χ0n) is 20.2.